The number of aliphatic hydroxyl groups excluding tert-OH is 1. The van der Waals surface area contributed by atoms with Gasteiger partial charge in [0.25, 0.3) is 5.91 Å². The van der Waals surface area contributed by atoms with Crippen LogP contribution < -0.4 is 5.32 Å². The first-order valence-electron chi connectivity index (χ1n) is 6.89. The molecule has 0 spiro atoms. The van der Waals surface area contributed by atoms with E-state index in [-0.39, 0.29) is 18.1 Å². The van der Waals surface area contributed by atoms with Crippen LogP contribution in [0.4, 0.5) is 0 Å². The minimum absolute atomic E-state index is 0.0514. The average Bonchev–Trinajstić information content (AvgIpc) is 2.87. The van der Waals surface area contributed by atoms with Crippen LogP contribution >= 0.6 is 15.9 Å². The Labute approximate surface area is 125 Å². The van der Waals surface area contributed by atoms with Crippen LogP contribution in [0.15, 0.2) is 28.9 Å². The molecule has 0 unspecified atom stereocenters. The predicted molar refractivity (Wildman–Crippen MR) is 81.7 cm³/mol. The van der Waals surface area contributed by atoms with Gasteiger partial charge in [0.05, 0.1) is 11.7 Å². The zero-order valence-corrected chi connectivity index (χ0v) is 12.6. The summed E-state index contributed by atoms with van der Waals surface area (Å²) < 4.78 is 0.917. The lowest BCUT2D eigenvalue weighted by Crippen LogP contribution is -2.38. The summed E-state index contributed by atoms with van der Waals surface area (Å²) in [4.78, 5) is 15.5. The summed E-state index contributed by atoms with van der Waals surface area (Å²) in [7, 11) is 0. The van der Waals surface area contributed by atoms with Crippen LogP contribution in [0.5, 0.6) is 0 Å². The molecule has 0 aliphatic heterocycles. The van der Waals surface area contributed by atoms with Crippen LogP contribution in [0.25, 0.3) is 10.9 Å². The minimum Gasteiger partial charge on any atom is -0.393 e. The maximum atomic E-state index is 12.4. The summed E-state index contributed by atoms with van der Waals surface area (Å²) >= 11 is 3.50. The highest BCUT2D eigenvalue weighted by molar-refractivity contribution is 9.10. The van der Waals surface area contributed by atoms with Gasteiger partial charge in [0.2, 0.25) is 0 Å². The van der Waals surface area contributed by atoms with Crippen molar-refractivity contribution in [2.75, 3.05) is 0 Å². The van der Waals surface area contributed by atoms with Gasteiger partial charge in [-0.25, -0.2) is 0 Å². The monoisotopic (exact) mass is 336 g/mol. The Morgan fingerprint density at radius 3 is 2.80 bits per heavy atom. The van der Waals surface area contributed by atoms with E-state index < -0.39 is 0 Å². The van der Waals surface area contributed by atoms with Gasteiger partial charge >= 0.3 is 0 Å². The number of amides is 1. The van der Waals surface area contributed by atoms with Crippen molar-refractivity contribution in [1.29, 1.82) is 0 Å². The molecule has 0 atom stereocenters. The Morgan fingerprint density at radius 1 is 1.30 bits per heavy atom. The molecule has 0 bridgehead atoms. The number of carbonyl (C=O) groups excluding carboxylic acids is 1. The first-order chi connectivity index (χ1) is 9.65. The maximum Gasteiger partial charge on any atom is 0.253 e. The molecule has 2 aromatic rings. The summed E-state index contributed by atoms with van der Waals surface area (Å²) in [5, 5.41) is 13.5. The van der Waals surface area contributed by atoms with E-state index in [0.29, 0.717) is 5.56 Å². The summed E-state index contributed by atoms with van der Waals surface area (Å²) in [5.41, 5.74) is 1.61. The molecule has 1 aromatic heterocycles. The molecule has 4 nitrogen and oxygen atoms in total. The molecule has 3 N–H and O–H groups in total. The molecule has 0 saturated heterocycles. The van der Waals surface area contributed by atoms with Gasteiger partial charge < -0.3 is 15.4 Å². The van der Waals surface area contributed by atoms with Crippen molar-refractivity contribution in [2.24, 2.45) is 0 Å². The van der Waals surface area contributed by atoms with E-state index in [1.54, 1.807) is 6.20 Å². The van der Waals surface area contributed by atoms with E-state index in [1.807, 2.05) is 18.2 Å². The Bertz CT molecular complexity index is 630. The third-order valence-electron chi connectivity index (χ3n) is 3.93. The molecule has 0 radical (unpaired) electrons. The van der Waals surface area contributed by atoms with Gasteiger partial charge in [-0.05, 0) is 37.8 Å². The predicted octanol–water partition coefficient (Wildman–Crippen LogP) is 2.96. The number of aliphatic hydroxyl groups is 1. The fraction of sp³-hybridized carbons (Fsp3) is 0.400. The van der Waals surface area contributed by atoms with Crippen molar-refractivity contribution in [3.63, 3.8) is 0 Å². The van der Waals surface area contributed by atoms with Crippen molar-refractivity contribution in [2.45, 2.75) is 37.8 Å². The lowest BCUT2D eigenvalue weighted by molar-refractivity contribution is 0.0869. The largest absolute Gasteiger partial charge is 0.393 e. The van der Waals surface area contributed by atoms with Gasteiger partial charge in [-0.3, -0.25) is 4.79 Å². The average molecular weight is 337 g/mol. The Kier molecular flexibility index (Phi) is 3.81. The third kappa shape index (κ3) is 2.60. The Balaban J connectivity index is 1.79. The van der Waals surface area contributed by atoms with Gasteiger partial charge in [-0.2, -0.15) is 0 Å². The number of rotatable bonds is 2. The molecule has 3 rings (SSSR count). The number of aromatic amines is 1. The van der Waals surface area contributed by atoms with E-state index >= 15 is 0 Å². The second-order valence-electron chi connectivity index (χ2n) is 5.34. The van der Waals surface area contributed by atoms with E-state index in [4.69, 9.17) is 0 Å². The number of hydrogen-bond donors (Lipinski definition) is 3. The molecule has 1 aromatic carbocycles. The van der Waals surface area contributed by atoms with Gasteiger partial charge in [0, 0.05) is 27.6 Å². The molecule has 1 saturated carbocycles. The van der Waals surface area contributed by atoms with Crippen molar-refractivity contribution in [3.05, 3.63) is 34.4 Å². The number of carbonyl (C=O) groups is 1. The SMILES string of the molecule is O=C(NC1CCC(O)CC1)c1c[nH]c2cccc(Br)c12. The van der Waals surface area contributed by atoms with Crippen LogP contribution in [0.2, 0.25) is 0 Å². The maximum absolute atomic E-state index is 12.4. The standard InChI is InChI=1S/C15H17BrN2O2/c16-12-2-1-3-13-14(12)11(8-17-13)15(20)18-9-4-6-10(19)7-5-9/h1-3,8-10,17,19H,4-7H2,(H,18,20). The molecule has 20 heavy (non-hydrogen) atoms. The normalized spacial score (nSPS) is 22.9. The molecule has 106 valence electrons. The molecular formula is C15H17BrN2O2. The van der Waals surface area contributed by atoms with Crippen LogP contribution in [0, 0.1) is 0 Å². The Hall–Kier alpha value is -1.33. The van der Waals surface area contributed by atoms with Crippen molar-refractivity contribution < 1.29 is 9.90 Å². The second-order valence-corrected chi connectivity index (χ2v) is 6.20. The first kappa shape index (κ1) is 13.6. The molecule has 1 fully saturated rings. The molecule has 1 amide bonds. The molecular weight excluding hydrogens is 320 g/mol. The number of benzene rings is 1. The van der Waals surface area contributed by atoms with Crippen molar-refractivity contribution in [3.8, 4) is 0 Å². The van der Waals surface area contributed by atoms with Crippen LogP contribution in [-0.4, -0.2) is 28.1 Å². The van der Waals surface area contributed by atoms with Crippen molar-refractivity contribution >= 4 is 32.7 Å². The number of fused-ring (bicyclic) bond motifs is 1. The smallest absolute Gasteiger partial charge is 0.253 e. The van der Waals surface area contributed by atoms with E-state index in [9.17, 15) is 9.90 Å². The third-order valence-corrected chi connectivity index (χ3v) is 4.59. The first-order valence-corrected chi connectivity index (χ1v) is 7.69. The van der Waals surface area contributed by atoms with Crippen LogP contribution in [0.3, 0.4) is 0 Å². The fourth-order valence-corrected chi connectivity index (χ4v) is 3.38. The van der Waals surface area contributed by atoms with Gasteiger partial charge in [0.15, 0.2) is 0 Å². The summed E-state index contributed by atoms with van der Waals surface area (Å²) in [5.74, 6) is -0.0514. The summed E-state index contributed by atoms with van der Waals surface area (Å²) in [6.07, 6.45) is 4.77. The molecule has 5 heteroatoms. The summed E-state index contributed by atoms with van der Waals surface area (Å²) in [6.45, 7) is 0. The number of hydrogen-bond acceptors (Lipinski definition) is 2. The minimum atomic E-state index is -0.203. The van der Waals surface area contributed by atoms with Crippen LogP contribution in [-0.2, 0) is 0 Å². The zero-order valence-electron chi connectivity index (χ0n) is 11.0. The van der Waals surface area contributed by atoms with Crippen LogP contribution in [0.1, 0.15) is 36.0 Å². The number of aromatic nitrogens is 1. The highest BCUT2D eigenvalue weighted by Crippen LogP contribution is 2.27. The fourth-order valence-electron chi connectivity index (χ4n) is 2.80. The van der Waals surface area contributed by atoms with E-state index in [2.05, 4.69) is 26.2 Å². The Morgan fingerprint density at radius 2 is 2.05 bits per heavy atom. The number of H-pyrrole nitrogens is 1. The van der Waals surface area contributed by atoms with Gasteiger partial charge in [-0.15, -0.1) is 0 Å². The molecule has 1 aliphatic carbocycles. The highest BCUT2D eigenvalue weighted by atomic mass is 79.9. The lowest BCUT2D eigenvalue weighted by Gasteiger charge is -2.26. The molecule has 1 aliphatic rings. The highest BCUT2D eigenvalue weighted by Gasteiger charge is 2.22. The number of halogens is 1. The van der Waals surface area contributed by atoms with Gasteiger partial charge in [0.1, 0.15) is 0 Å². The number of nitrogens with one attached hydrogen (secondary N) is 2. The molecule has 1 heterocycles. The van der Waals surface area contributed by atoms with Gasteiger partial charge in [-0.1, -0.05) is 22.0 Å². The quantitative estimate of drug-likeness (QED) is 0.789. The van der Waals surface area contributed by atoms with Crippen molar-refractivity contribution in [1.82, 2.24) is 10.3 Å². The topological polar surface area (TPSA) is 65.1 Å². The van der Waals surface area contributed by atoms with E-state index in [0.717, 1.165) is 41.1 Å². The van der Waals surface area contributed by atoms with E-state index in [1.165, 1.54) is 0 Å². The lowest BCUT2D eigenvalue weighted by atomic mass is 9.93. The second kappa shape index (κ2) is 5.58. The zero-order chi connectivity index (χ0) is 14.1. The summed E-state index contributed by atoms with van der Waals surface area (Å²) in [6, 6.07) is 5.99.